The SMILES string of the molecule is NNc1snnc1CSc1ncns1. The zero-order chi connectivity index (χ0) is 9.80. The molecule has 0 amide bonds. The number of hydrogen-bond acceptors (Lipinski definition) is 9. The minimum Gasteiger partial charge on any atom is -0.313 e. The van der Waals surface area contributed by atoms with Gasteiger partial charge in [0.15, 0.2) is 4.34 Å². The van der Waals surface area contributed by atoms with E-state index in [-0.39, 0.29) is 0 Å². The average molecular weight is 246 g/mol. The molecule has 2 rings (SSSR count). The highest BCUT2D eigenvalue weighted by molar-refractivity contribution is 8.00. The van der Waals surface area contributed by atoms with Gasteiger partial charge < -0.3 is 5.43 Å². The van der Waals surface area contributed by atoms with Crippen LogP contribution in [-0.4, -0.2) is 18.9 Å². The highest BCUT2D eigenvalue weighted by Gasteiger charge is 2.07. The van der Waals surface area contributed by atoms with Crippen LogP contribution in [0.4, 0.5) is 5.00 Å². The van der Waals surface area contributed by atoms with E-state index in [1.54, 1.807) is 11.8 Å². The second-order valence-corrected chi connectivity index (χ2v) is 4.95. The average Bonchev–Trinajstić information content (AvgIpc) is 2.85. The normalized spacial score (nSPS) is 10.4. The van der Waals surface area contributed by atoms with Crippen molar-refractivity contribution in [2.45, 2.75) is 10.1 Å². The van der Waals surface area contributed by atoms with Crippen LogP contribution >= 0.6 is 34.8 Å². The predicted molar refractivity (Wildman–Crippen MR) is 57.2 cm³/mol. The van der Waals surface area contributed by atoms with Crippen LogP contribution in [0.1, 0.15) is 5.69 Å². The molecular weight excluding hydrogens is 240 g/mol. The number of nitrogen functional groups attached to an aromatic ring is 1. The van der Waals surface area contributed by atoms with Crippen LogP contribution in [0.2, 0.25) is 0 Å². The number of hydrogen-bond donors (Lipinski definition) is 2. The van der Waals surface area contributed by atoms with E-state index in [9.17, 15) is 0 Å². The summed E-state index contributed by atoms with van der Waals surface area (Å²) in [5.74, 6) is 5.99. The predicted octanol–water partition coefficient (Wildman–Crippen LogP) is 0.968. The summed E-state index contributed by atoms with van der Waals surface area (Å²) in [7, 11) is 0. The Morgan fingerprint density at radius 3 is 3.14 bits per heavy atom. The van der Waals surface area contributed by atoms with Crippen molar-refractivity contribution in [2.24, 2.45) is 5.84 Å². The molecule has 2 aromatic rings. The van der Waals surface area contributed by atoms with Gasteiger partial charge in [0.2, 0.25) is 0 Å². The van der Waals surface area contributed by atoms with Gasteiger partial charge in [-0.15, -0.1) is 5.10 Å². The van der Waals surface area contributed by atoms with E-state index in [1.807, 2.05) is 0 Å². The fourth-order valence-electron chi connectivity index (χ4n) is 0.769. The lowest BCUT2D eigenvalue weighted by atomic mass is 10.5. The largest absolute Gasteiger partial charge is 0.313 e. The molecule has 0 bridgehead atoms. The Hall–Kier alpha value is -0.770. The first-order chi connectivity index (χ1) is 6.90. The maximum absolute atomic E-state index is 5.29. The summed E-state index contributed by atoms with van der Waals surface area (Å²) in [6.07, 6.45) is 1.54. The van der Waals surface area contributed by atoms with E-state index in [0.717, 1.165) is 15.0 Å². The van der Waals surface area contributed by atoms with Crippen molar-refractivity contribution < 1.29 is 0 Å². The summed E-state index contributed by atoms with van der Waals surface area (Å²) < 4.78 is 8.61. The van der Waals surface area contributed by atoms with Gasteiger partial charge >= 0.3 is 0 Å². The Bertz CT molecular complexity index is 384. The molecule has 9 heteroatoms. The maximum atomic E-state index is 5.29. The zero-order valence-corrected chi connectivity index (χ0v) is 9.32. The third kappa shape index (κ3) is 2.18. The van der Waals surface area contributed by atoms with Crippen molar-refractivity contribution in [1.29, 1.82) is 0 Å². The van der Waals surface area contributed by atoms with Crippen LogP contribution in [-0.2, 0) is 5.75 Å². The monoisotopic (exact) mass is 246 g/mol. The first kappa shape index (κ1) is 9.77. The van der Waals surface area contributed by atoms with Crippen molar-refractivity contribution in [3.8, 4) is 0 Å². The molecule has 0 radical (unpaired) electrons. The Morgan fingerprint density at radius 1 is 1.50 bits per heavy atom. The molecular formula is C5H6N6S3. The van der Waals surface area contributed by atoms with Gasteiger partial charge in [-0.3, -0.25) is 0 Å². The molecule has 0 spiro atoms. The standard InChI is InChI=1S/C5H6N6S3/c6-9-4-3(10-11-13-4)1-12-5-7-2-8-14-5/h2,9H,1,6H2. The number of nitrogens with one attached hydrogen (secondary N) is 1. The molecule has 2 heterocycles. The number of hydrazine groups is 1. The Morgan fingerprint density at radius 2 is 2.43 bits per heavy atom. The molecule has 14 heavy (non-hydrogen) atoms. The first-order valence-corrected chi connectivity index (χ1v) is 6.10. The number of nitrogens with zero attached hydrogens (tertiary/aromatic N) is 4. The van der Waals surface area contributed by atoms with Crippen molar-refractivity contribution in [1.82, 2.24) is 18.9 Å². The van der Waals surface area contributed by atoms with E-state index >= 15 is 0 Å². The Kier molecular flexibility index (Phi) is 3.24. The van der Waals surface area contributed by atoms with Gasteiger partial charge in [0.1, 0.15) is 17.0 Å². The third-order valence-corrected chi connectivity index (χ3v) is 3.87. The van der Waals surface area contributed by atoms with Gasteiger partial charge in [-0.25, -0.2) is 10.8 Å². The number of anilines is 1. The molecule has 0 aliphatic heterocycles. The summed E-state index contributed by atoms with van der Waals surface area (Å²) in [6, 6.07) is 0. The number of nitrogens with two attached hydrogens (primary N) is 1. The quantitative estimate of drug-likeness (QED) is 0.472. The summed E-state index contributed by atoms with van der Waals surface area (Å²) >= 11 is 4.18. The van der Waals surface area contributed by atoms with Crippen LogP contribution in [0, 0.1) is 0 Å². The second kappa shape index (κ2) is 4.64. The van der Waals surface area contributed by atoms with Crippen LogP contribution in [0.15, 0.2) is 10.7 Å². The molecule has 3 N–H and O–H groups in total. The minimum absolute atomic E-state index is 0.700. The molecule has 0 aromatic carbocycles. The maximum Gasteiger partial charge on any atom is 0.170 e. The zero-order valence-electron chi connectivity index (χ0n) is 6.88. The summed E-state index contributed by atoms with van der Waals surface area (Å²) in [4.78, 5) is 4.05. The molecule has 0 fully saturated rings. The summed E-state index contributed by atoms with van der Waals surface area (Å²) in [5.41, 5.74) is 3.40. The highest BCUT2D eigenvalue weighted by atomic mass is 32.2. The number of rotatable bonds is 4. The van der Waals surface area contributed by atoms with E-state index in [2.05, 4.69) is 24.4 Å². The molecule has 0 saturated carbocycles. The lowest BCUT2D eigenvalue weighted by molar-refractivity contribution is 1.07. The third-order valence-electron chi connectivity index (χ3n) is 1.36. The molecule has 6 nitrogen and oxygen atoms in total. The molecule has 74 valence electrons. The molecule has 2 aromatic heterocycles. The molecule has 0 unspecified atom stereocenters. The highest BCUT2D eigenvalue weighted by Crippen LogP contribution is 2.26. The molecule has 0 saturated heterocycles. The summed E-state index contributed by atoms with van der Waals surface area (Å²) in [6.45, 7) is 0. The smallest absolute Gasteiger partial charge is 0.170 e. The van der Waals surface area contributed by atoms with Gasteiger partial charge in [0.25, 0.3) is 0 Å². The van der Waals surface area contributed by atoms with Gasteiger partial charge in [0, 0.05) is 17.3 Å². The van der Waals surface area contributed by atoms with E-state index < -0.39 is 0 Å². The minimum atomic E-state index is 0.700. The number of aromatic nitrogens is 4. The van der Waals surface area contributed by atoms with E-state index in [1.165, 1.54) is 29.4 Å². The van der Waals surface area contributed by atoms with Crippen molar-refractivity contribution in [3.63, 3.8) is 0 Å². The Balaban J connectivity index is 1.98. The van der Waals surface area contributed by atoms with Crippen LogP contribution in [0.5, 0.6) is 0 Å². The van der Waals surface area contributed by atoms with Crippen molar-refractivity contribution in [3.05, 3.63) is 12.0 Å². The van der Waals surface area contributed by atoms with Gasteiger partial charge in [-0.2, -0.15) is 4.37 Å². The van der Waals surface area contributed by atoms with Gasteiger partial charge in [-0.1, -0.05) is 16.3 Å². The van der Waals surface area contributed by atoms with Gasteiger partial charge in [-0.05, 0) is 11.5 Å². The van der Waals surface area contributed by atoms with Gasteiger partial charge in [0.05, 0.1) is 0 Å². The Labute approximate surface area is 92.2 Å². The van der Waals surface area contributed by atoms with Crippen molar-refractivity contribution >= 4 is 39.8 Å². The van der Waals surface area contributed by atoms with E-state index in [0.29, 0.717) is 5.75 Å². The fraction of sp³-hybridized carbons (Fsp3) is 0.200. The number of thioether (sulfide) groups is 1. The molecule has 0 aliphatic carbocycles. The lowest BCUT2D eigenvalue weighted by Crippen LogP contribution is -2.06. The second-order valence-electron chi connectivity index (χ2n) is 2.19. The molecule has 0 atom stereocenters. The molecule has 0 aliphatic rings. The van der Waals surface area contributed by atoms with Crippen LogP contribution in [0.25, 0.3) is 0 Å². The van der Waals surface area contributed by atoms with E-state index in [4.69, 9.17) is 5.84 Å². The summed E-state index contributed by atoms with van der Waals surface area (Å²) in [5, 5.41) is 4.74. The van der Waals surface area contributed by atoms with Crippen molar-refractivity contribution in [2.75, 3.05) is 5.43 Å². The lowest BCUT2D eigenvalue weighted by Gasteiger charge is -1.96. The topological polar surface area (TPSA) is 89.6 Å². The van der Waals surface area contributed by atoms with Crippen LogP contribution < -0.4 is 11.3 Å². The van der Waals surface area contributed by atoms with Crippen LogP contribution in [0.3, 0.4) is 0 Å². The fourth-order valence-corrected chi connectivity index (χ4v) is 2.73. The first-order valence-electron chi connectivity index (χ1n) is 3.57.